The van der Waals surface area contributed by atoms with Gasteiger partial charge in [0.1, 0.15) is 0 Å². The maximum Gasteiger partial charge on any atom is 0.0289 e. The smallest absolute Gasteiger partial charge is 0.0289 e. The molecular weight excluding hydrogens is 226 g/mol. The van der Waals surface area contributed by atoms with Crippen LogP contribution in [-0.2, 0) is 6.42 Å². The molecule has 0 aliphatic carbocycles. The minimum absolute atomic E-state index is 0.587. The number of hydrogen-bond donors (Lipinski definition) is 1. The van der Waals surface area contributed by atoms with Crippen LogP contribution in [0.5, 0.6) is 0 Å². The van der Waals surface area contributed by atoms with Crippen molar-refractivity contribution in [3.8, 4) is 0 Å². The van der Waals surface area contributed by atoms with E-state index in [1.54, 1.807) is 0 Å². The maximum absolute atomic E-state index is 3.99. The second kappa shape index (κ2) is 5.74. The van der Waals surface area contributed by atoms with Crippen LogP contribution in [0.2, 0.25) is 0 Å². The SMILES string of the molecule is C=C(C)CCC(NC)C1Cc2ccccc2S1. The summed E-state index contributed by atoms with van der Waals surface area (Å²) in [4.78, 5) is 1.47. The molecule has 0 saturated carbocycles. The van der Waals surface area contributed by atoms with Crippen molar-refractivity contribution >= 4 is 11.8 Å². The lowest BCUT2D eigenvalue weighted by Gasteiger charge is -2.22. The summed E-state index contributed by atoms with van der Waals surface area (Å²) in [5.74, 6) is 0. The third-order valence-electron chi connectivity index (χ3n) is 3.37. The first-order valence-corrected chi connectivity index (χ1v) is 7.15. The third kappa shape index (κ3) is 3.14. The molecule has 92 valence electrons. The molecule has 17 heavy (non-hydrogen) atoms. The Balaban J connectivity index is 1.97. The topological polar surface area (TPSA) is 12.0 Å². The molecule has 0 radical (unpaired) electrons. The van der Waals surface area contributed by atoms with Crippen molar-refractivity contribution in [2.45, 2.75) is 42.4 Å². The first kappa shape index (κ1) is 12.7. The van der Waals surface area contributed by atoms with Gasteiger partial charge in [0, 0.05) is 16.2 Å². The molecule has 1 aliphatic rings. The normalized spacial score (nSPS) is 20.0. The Morgan fingerprint density at radius 2 is 2.29 bits per heavy atom. The van der Waals surface area contributed by atoms with Crippen molar-refractivity contribution in [2.75, 3.05) is 7.05 Å². The number of fused-ring (bicyclic) bond motifs is 1. The fourth-order valence-electron chi connectivity index (χ4n) is 2.35. The summed E-state index contributed by atoms with van der Waals surface area (Å²) in [6, 6.07) is 9.36. The minimum Gasteiger partial charge on any atom is -0.316 e. The highest BCUT2D eigenvalue weighted by atomic mass is 32.2. The van der Waals surface area contributed by atoms with Crippen LogP contribution in [-0.4, -0.2) is 18.3 Å². The van der Waals surface area contributed by atoms with Gasteiger partial charge in [-0.05, 0) is 44.9 Å². The highest BCUT2D eigenvalue weighted by Crippen LogP contribution is 2.39. The van der Waals surface area contributed by atoms with Gasteiger partial charge in [0.05, 0.1) is 0 Å². The molecule has 1 aromatic carbocycles. The summed E-state index contributed by atoms with van der Waals surface area (Å²) in [6.07, 6.45) is 3.51. The quantitative estimate of drug-likeness (QED) is 0.797. The summed E-state index contributed by atoms with van der Waals surface area (Å²) in [5, 5.41) is 4.15. The summed E-state index contributed by atoms with van der Waals surface area (Å²) < 4.78 is 0. The number of benzene rings is 1. The van der Waals surface area contributed by atoms with E-state index in [-0.39, 0.29) is 0 Å². The fourth-order valence-corrected chi connectivity index (χ4v) is 3.84. The van der Waals surface area contributed by atoms with Gasteiger partial charge in [-0.3, -0.25) is 0 Å². The average Bonchev–Trinajstić information content (AvgIpc) is 2.72. The predicted molar refractivity (Wildman–Crippen MR) is 76.7 cm³/mol. The standard InChI is InChI=1S/C15H21NS/c1-11(2)8-9-13(16-3)15-10-12-6-4-5-7-14(12)17-15/h4-7,13,15-16H,1,8-10H2,2-3H3. The second-order valence-corrected chi connectivity index (χ2v) is 6.14. The Bertz CT molecular complexity index is 375. The Hall–Kier alpha value is -0.730. The van der Waals surface area contributed by atoms with Gasteiger partial charge < -0.3 is 5.32 Å². The molecule has 2 atom stereocenters. The second-order valence-electron chi connectivity index (χ2n) is 4.86. The van der Waals surface area contributed by atoms with Gasteiger partial charge in [0.15, 0.2) is 0 Å². The van der Waals surface area contributed by atoms with E-state index >= 15 is 0 Å². The van der Waals surface area contributed by atoms with Gasteiger partial charge in [-0.15, -0.1) is 18.3 Å². The molecule has 2 rings (SSSR count). The molecule has 1 heterocycles. The van der Waals surface area contributed by atoms with Crippen LogP contribution < -0.4 is 5.32 Å². The lowest BCUT2D eigenvalue weighted by molar-refractivity contribution is 0.504. The maximum atomic E-state index is 3.99. The van der Waals surface area contributed by atoms with E-state index < -0.39 is 0 Å². The average molecular weight is 247 g/mol. The summed E-state index contributed by atoms with van der Waals surface area (Å²) >= 11 is 2.03. The number of nitrogens with one attached hydrogen (secondary N) is 1. The molecule has 0 amide bonds. The van der Waals surface area contributed by atoms with Crippen LogP contribution in [0.1, 0.15) is 25.3 Å². The summed E-state index contributed by atoms with van der Waals surface area (Å²) in [5.41, 5.74) is 2.80. The first-order valence-electron chi connectivity index (χ1n) is 6.27. The molecule has 0 spiro atoms. The Kier molecular flexibility index (Phi) is 4.30. The zero-order valence-corrected chi connectivity index (χ0v) is 11.5. The lowest BCUT2D eigenvalue weighted by atomic mass is 10.00. The molecule has 1 aromatic rings. The van der Waals surface area contributed by atoms with Crippen molar-refractivity contribution in [3.05, 3.63) is 42.0 Å². The van der Waals surface area contributed by atoms with E-state index in [0.29, 0.717) is 11.3 Å². The molecule has 2 unspecified atom stereocenters. The minimum atomic E-state index is 0.587. The molecule has 0 fully saturated rings. The van der Waals surface area contributed by atoms with Gasteiger partial charge in [-0.1, -0.05) is 23.8 Å². The van der Waals surface area contributed by atoms with Crippen molar-refractivity contribution in [3.63, 3.8) is 0 Å². The molecule has 0 aromatic heterocycles. The van der Waals surface area contributed by atoms with Crippen LogP contribution >= 0.6 is 11.8 Å². The lowest BCUT2D eigenvalue weighted by Crippen LogP contribution is -2.35. The zero-order chi connectivity index (χ0) is 12.3. The van der Waals surface area contributed by atoms with E-state index in [0.717, 1.165) is 6.42 Å². The van der Waals surface area contributed by atoms with E-state index in [9.17, 15) is 0 Å². The Morgan fingerprint density at radius 1 is 1.53 bits per heavy atom. The Labute approximate surface area is 109 Å². The van der Waals surface area contributed by atoms with Crippen molar-refractivity contribution in [1.82, 2.24) is 5.32 Å². The number of hydrogen-bond acceptors (Lipinski definition) is 2. The highest BCUT2D eigenvalue weighted by molar-refractivity contribution is 8.00. The molecular formula is C15H21NS. The first-order chi connectivity index (χ1) is 8.20. The van der Waals surface area contributed by atoms with E-state index in [1.807, 2.05) is 11.8 Å². The van der Waals surface area contributed by atoms with E-state index in [2.05, 4.69) is 50.1 Å². The predicted octanol–water partition coefficient (Wildman–Crippen LogP) is 3.65. The third-order valence-corrected chi connectivity index (χ3v) is 4.82. The number of thioether (sulfide) groups is 1. The fraction of sp³-hybridized carbons (Fsp3) is 0.467. The van der Waals surface area contributed by atoms with Crippen LogP contribution in [0.3, 0.4) is 0 Å². The van der Waals surface area contributed by atoms with Gasteiger partial charge in [0.25, 0.3) is 0 Å². The Morgan fingerprint density at radius 3 is 2.94 bits per heavy atom. The molecule has 0 saturated heterocycles. The monoisotopic (exact) mass is 247 g/mol. The van der Waals surface area contributed by atoms with Crippen LogP contribution in [0, 0.1) is 0 Å². The van der Waals surface area contributed by atoms with Crippen LogP contribution in [0.25, 0.3) is 0 Å². The van der Waals surface area contributed by atoms with Gasteiger partial charge >= 0.3 is 0 Å². The van der Waals surface area contributed by atoms with Gasteiger partial charge in [0.2, 0.25) is 0 Å². The van der Waals surface area contributed by atoms with Crippen LogP contribution in [0.4, 0.5) is 0 Å². The zero-order valence-electron chi connectivity index (χ0n) is 10.7. The van der Waals surface area contributed by atoms with Crippen molar-refractivity contribution in [2.24, 2.45) is 0 Å². The van der Waals surface area contributed by atoms with Gasteiger partial charge in [-0.25, -0.2) is 0 Å². The molecule has 1 aliphatic heterocycles. The highest BCUT2D eigenvalue weighted by Gasteiger charge is 2.27. The number of allylic oxidation sites excluding steroid dienone is 1. The van der Waals surface area contributed by atoms with E-state index in [4.69, 9.17) is 0 Å². The molecule has 0 bridgehead atoms. The molecule has 1 nitrogen and oxygen atoms in total. The summed E-state index contributed by atoms with van der Waals surface area (Å²) in [6.45, 7) is 6.11. The van der Waals surface area contributed by atoms with E-state index in [1.165, 1.54) is 28.9 Å². The molecule has 1 N–H and O–H groups in total. The van der Waals surface area contributed by atoms with Crippen molar-refractivity contribution < 1.29 is 0 Å². The van der Waals surface area contributed by atoms with Crippen LogP contribution in [0.15, 0.2) is 41.3 Å². The van der Waals surface area contributed by atoms with Crippen molar-refractivity contribution in [1.29, 1.82) is 0 Å². The largest absolute Gasteiger partial charge is 0.316 e. The van der Waals surface area contributed by atoms with Gasteiger partial charge in [-0.2, -0.15) is 0 Å². The summed E-state index contributed by atoms with van der Waals surface area (Å²) in [7, 11) is 2.08. The number of rotatable bonds is 5. The molecule has 2 heteroatoms.